The van der Waals surface area contributed by atoms with Crippen molar-refractivity contribution < 1.29 is 19.2 Å². The lowest BCUT2D eigenvalue weighted by molar-refractivity contribution is -0.143. The summed E-state index contributed by atoms with van der Waals surface area (Å²) in [6, 6.07) is 0. The minimum atomic E-state index is -0.570. The number of carbonyl (C=O) groups is 4. The number of ketones is 2. The van der Waals surface area contributed by atoms with Crippen LogP contribution in [0.5, 0.6) is 0 Å². The molecule has 1 unspecified atom stereocenters. The number of imide groups is 1. The van der Waals surface area contributed by atoms with Gasteiger partial charge >= 0.3 is 0 Å². The molecule has 1 atom stereocenters. The third kappa shape index (κ3) is 5.72. The maximum atomic E-state index is 12.3. The van der Waals surface area contributed by atoms with Crippen LogP contribution in [0.15, 0.2) is 0 Å². The van der Waals surface area contributed by atoms with E-state index in [1.54, 1.807) is 20.8 Å². The number of nitrogens with zero attached hydrogens (tertiary/aromatic N) is 1. The van der Waals surface area contributed by atoms with Crippen molar-refractivity contribution in [1.29, 1.82) is 0 Å². The van der Waals surface area contributed by atoms with Gasteiger partial charge < -0.3 is 0 Å². The summed E-state index contributed by atoms with van der Waals surface area (Å²) in [5, 5.41) is -0.421. The molecule has 0 N–H and O–H groups in total. The highest BCUT2D eigenvalue weighted by Crippen LogP contribution is 2.28. The maximum absolute atomic E-state index is 12.3. The number of Topliss-reactive ketones (excluding diaryl/α,β-unsaturated/α-hetero) is 2. The van der Waals surface area contributed by atoms with E-state index < -0.39 is 10.7 Å². The molecule has 136 valence electrons. The summed E-state index contributed by atoms with van der Waals surface area (Å²) in [6.07, 6.45) is 1.32. The number of likely N-dealkylation sites (tertiary alicyclic amines) is 1. The van der Waals surface area contributed by atoms with Crippen LogP contribution in [0.4, 0.5) is 0 Å². The average Bonchev–Trinajstić information content (AvgIpc) is 2.68. The topological polar surface area (TPSA) is 71.5 Å². The Labute approximate surface area is 148 Å². The normalized spacial score (nSPS) is 19.1. The van der Waals surface area contributed by atoms with Crippen LogP contribution in [0.2, 0.25) is 0 Å². The zero-order chi connectivity index (χ0) is 18.7. The molecule has 0 spiro atoms. The standard InChI is InChI=1S/C18H29NO4S/c1-17(2,3)13(20)8-7-9-24-12-10-15(22)19(16(12)23)11-14(21)18(4,5)6/h12H,7-11H2,1-6H3. The molecule has 0 aromatic carbocycles. The third-order valence-corrected chi connectivity index (χ3v) is 5.34. The van der Waals surface area contributed by atoms with Crippen molar-refractivity contribution in [2.75, 3.05) is 12.3 Å². The number of rotatable bonds is 7. The molecular formula is C18H29NO4S. The second-order valence-corrected chi connectivity index (χ2v) is 9.64. The Bertz CT molecular complexity index is 528. The molecule has 6 heteroatoms. The van der Waals surface area contributed by atoms with Gasteiger partial charge in [0, 0.05) is 23.7 Å². The summed E-state index contributed by atoms with van der Waals surface area (Å²) in [5.74, 6) is 0.192. The fourth-order valence-electron chi connectivity index (χ4n) is 2.16. The van der Waals surface area contributed by atoms with Crippen molar-refractivity contribution in [3.63, 3.8) is 0 Å². The molecule has 0 bridgehead atoms. The lowest BCUT2D eigenvalue weighted by Crippen LogP contribution is -2.40. The summed E-state index contributed by atoms with van der Waals surface area (Å²) in [7, 11) is 0. The van der Waals surface area contributed by atoms with E-state index in [9.17, 15) is 19.2 Å². The smallest absolute Gasteiger partial charge is 0.243 e. The van der Waals surface area contributed by atoms with Gasteiger partial charge in [-0.15, -0.1) is 11.8 Å². The van der Waals surface area contributed by atoms with Crippen molar-refractivity contribution in [2.24, 2.45) is 10.8 Å². The first kappa shape index (κ1) is 20.9. The number of thioether (sulfide) groups is 1. The predicted octanol–water partition coefficient (Wildman–Crippen LogP) is 2.86. The zero-order valence-corrected chi connectivity index (χ0v) is 16.4. The lowest BCUT2D eigenvalue weighted by Gasteiger charge is -2.21. The zero-order valence-electron chi connectivity index (χ0n) is 15.6. The minimum absolute atomic E-state index is 0.120. The summed E-state index contributed by atoms with van der Waals surface area (Å²) in [6.45, 7) is 10.9. The number of hydrogen-bond acceptors (Lipinski definition) is 5. The van der Waals surface area contributed by atoms with Gasteiger partial charge in [-0.3, -0.25) is 24.1 Å². The molecule has 0 saturated carbocycles. The summed E-state index contributed by atoms with van der Waals surface area (Å²) in [4.78, 5) is 49.4. The molecule has 1 fully saturated rings. The molecule has 0 aromatic heterocycles. The third-order valence-electron chi connectivity index (χ3n) is 4.04. The minimum Gasteiger partial charge on any atom is -0.299 e. The van der Waals surface area contributed by atoms with Gasteiger partial charge in [0.05, 0.1) is 11.8 Å². The van der Waals surface area contributed by atoms with Crippen LogP contribution < -0.4 is 0 Å². The van der Waals surface area contributed by atoms with E-state index in [4.69, 9.17) is 0 Å². The van der Waals surface area contributed by atoms with Crippen molar-refractivity contribution >= 4 is 35.1 Å². The maximum Gasteiger partial charge on any atom is 0.243 e. The fraction of sp³-hybridized carbons (Fsp3) is 0.778. The molecule has 1 rings (SSSR count). The lowest BCUT2D eigenvalue weighted by atomic mass is 9.88. The molecule has 0 aromatic rings. The Balaban J connectivity index is 2.47. The number of hydrogen-bond donors (Lipinski definition) is 0. The second kappa shape index (κ2) is 7.81. The molecule has 1 aliphatic rings. The van der Waals surface area contributed by atoms with Crippen LogP contribution in [0, 0.1) is 10.8 Å². The SMILES string of the molecule is CC(C)(C)C(=O)CCCSC1CC(=O)N(CC(=O)C(C)(C)C)C1=O. The monoisotopic (exact) mass is 355 g/mol. The Morgan fingerprint density at radius 3 is 2.08 bits per heavy atom. The van der Waals surface area contributed by atoms with E-state index in [1.165, 1.54) is 11.8 Å². The molecule has 2 amide bonds. The quantitative estimate of drug-likeness (QED) is 0.519. The highest BCUT2D eigenvalue weighted by molar-refractivity contribution is 8.00. The first-order chi connectivity index (χ1) is 10.8. The van der Waals surface area contributed by atoms with Gasteiger partial charge in [-0.2, -0.15) is 0 Å². The van der Waals surface area contributed by atoms with E-state index in [0.717, 1.165) is 4.90 Å². The Morgan fingerprint density at radius 2 is 1.58 bits per heavy atom. The summed E-state index contributed by atoms with van der Waals surface area (Å²) >= 11 is 1.41. The average molecular weight is 356 g/mol. The largest absolute Gasteiger partial charge is 0.299 e. The molecule has 0 aliphatic carbocycles. The van der Waals surface area contributed by atoms with E-state index in [-0.39, 0.29) is 41.8 Å². The predicted molar refractivity (Wildman–Crippen MR) is 95.7 cm³/mol. The summed E-state index contributed by atoms with van der Waals surface area (Å²) in [5.41, 5.74) is -0.910. The van der Waals surface area contributed by atoms with Crippen molar-refractivity contribution in [2.45, 2.75) is 66.1 Å². The number of amides is 2. The number of carbonyl (C=O) groups excluding carboxylic acids is 4. The van der Waals surface area contributed by atoms with E-state index >= 15 is 0 Å². The fourth-order valence-corrected chi connectivity index (χ4v) is 3.29. The van der Waals surface area contributed by atoms with Crippen LogP contribution in [-0.2, 0) is 19.2 Å². The Hall–Kier alpha value is -1.17. The van der Waals surface area contributed by atoms with Crippen molar-refractivity contribution in [3.05, 3.63) is 0 Å². The van der Waals surface area contributed by atoms with Crippen LogP contribution >= 0.6 is 11.8 Å². The van der Waals surface area contributed by atoms with Crippen LogP contribution in [-0.4, -0.2) is 45.8 Å². The second-order valence-electron chi connectivity index (χ2n) is 8.33. The van der Waals surface area contributed by atoms with Gasteiger partial charge in [-0.05, 0) is 12.2 Å². The molecular weight excluding hydrogens is 326 g/mol. The van der Waals surface area contributed by atoms with Crippen molar-refractivity contribution in [3.8, 4) is 0 Å². The molecule has 5 nitrogen and oxygen atoms in total. The molecule has 1 aliphatic heterocycles. The van der Waals surface area contributed by atoms with Gasteiger partial charge in [0.2, 0.25) is 11.8 Å². The van der Waals surface area contributed by atoms with Gasteiger partial charge in [0.15, 0.2) is 5.78 Å². The highest BCUT2D eigenvalue weighted by atomic mass is 32.2. The summed E-state index contributed by atoms with van der Waals surface area (Å²) < 4.78 is 0. The highest BCUT2D eigenvalue weighted by Gasteiger charge is 2.40. The molecule has 1 heterocycles. The van der Waals surface area contributed by atoms with Gasteiger partial charge in [-0.1, -0.05) is 41.5 Å². The molecule has 1 saturated heterocycles. The van der Waals surface area contributed by atoms with E-state index in [0.29, 0.717) is 18.6 Å². The molecule has 0 radical (unpaired) electrons. The van der Waals surface area contributed by atoms with Crippen LogP contribution in [0.3, 0.4) is 0 Å². The van der Waals surface area contributed by atoms with Gasteiger partial charge in [0.1, 0.15) is 5.78 Å². The van der Waals surface area contributed by atoms with Gasteiger partial charge in [-0.25, -0.2) is 0 Å². The Morgan fingerprint density at radius 1 is 1.04 bits per heavy atom. The van der Waals surface area contributed by atoms with Crippen molar-refractivity contribution in [1.82, 2.24) is 4.90 Å². The van der Waals surface area contributed by atoms with E-state index in [1.807, 2.05) is 20.8 Å². The molecule has 24 heavy (non-hydrogen) atoms. The Kier molecular flexibility index (Phi) is 6.79. The van der Waals surface area contributed by atoms with Crippen LogP contribution in [0.1, 0.15) is 60.8 Å². The first-order valence-corrected chi connectivity index (χ1v) is 9.41. The van der Waals surface area contributed by atoms with Crippen LogP contribution in [0.25, 0.3) is 0 Å². The van der Waals surface area contributed by atoms with E-state index in [2.05, 4.69) is 0 Å². The van der Waals surface area contributed by atoms with Gasteiger partial charge in [0.25, 0.3) is 0 Å². The first-order valence-electron chi connectivity index (χ1n) is 8.36.